The van der Waals surface area contributed by atoms with Crippen molar-refractivity contribution in [3.05, 3.63) is 0 Å². The van der Waals surface area contributed by atoms with Gasteiger partial charge in [0.05, 0.1) is 5.04 Å². The number of thioether (sulfide) groups is 1. The normalized spacial score (nSPS) is 15.0. The molecule has 0 atom stereocenters. The number of nitrogens with two attached hydrogens (primary N) is 1. The van der Waals surface area contributed by atoms with Crippen LogP contribution in [0.25, 0.3) is 0 Å². The van der Waals surface area contributed by atoms with Crippen LogP contribution in [-0.2, 0) is 4.79 Å². The molecule has 0 unspecified atom stereocenters. The van der Waals surface area contributed by atoms with Crippen LogP contribution >= 0.6 is 24.4 Å². The van der Waals surface area contributed by atoms with E-state index in [-0.39, 0.29) is 5.91 Å². The average Bonchev–Trinajstić information content (AvgIpc) is 2.53. The van der Waals surface area contributed by atoms with Gasteiger partial charge in [0, 0.05) is 6.42 Å². The van der Waals surface area contributed by atoms with Gasteiger partial charge in [-0.3, -0.25) is 10.2 Å². The molecule has 76 valence electrons. The number of primary amides is 1. The lowest BCUT2D eigenvalue weighted by atomic mass is 10.3. The van der Waals surface area contributed by atoms with E-state index in [0.717, 1.165) is 23.6 Å². The SMILES string of the molecule is N=C1CCCS1.NC(=O)CCCS. The summed E-state index contributed by atoms with van der Waals surface area (Å²) in [7, 11) is 0. The standard InChI is InChI=1S/C4H9NOS.C4H7NS/c5-4(6)2-1-3-7;5-4-2-1-3-6-4/h7H,1-3H2,(H2,5,6);5H,1-3H2. The maximum absolute atomic E-state index is 9.95. The van der Waals surface area contributed by atoms with Crippen LogP contribution in [0.4, 0.5) is 0 Å². The Morgan fingerprint density at radius 3 is 2.54 bits per heavy atom. The molecule has 1 rings (SSSR count). The quantitative estimate of drug-likeness (QED) is 0.633. The second-order valence-electron chi connectivity index (χ2n) is 2.67. The van der Waals surface area contributed by atoms with Crippen molar-refractivity contribution in [3.8, 4) is 0 Å². The molecule has 13 heavy (non-hydrogen) atoms. The van der Waals surface area contributed by atoms with Crippen molar-refractivity contribution in [1.29, 1.82) is 5.41 Å². The third kappa shape index (κ3) is 9.76. The molecule has 1 fully saturated rings. The zero-order valence-corrected chi connectivity index (χ0v) is 9.29. The van der Waals surface area contributed by atoms with Gasteiger partial charge in [-0.1, -0.05) is 0 Å². The molecule has 0 spiro atoms. The third-order valence-electron chi connectivity index (χ3n) is 1.41. The predicted molar refractivity (Wildman–Crippen MR) is 61.7 cm³/mol. The van der Waals surface area contributed by atoms with E-state index in [1.165, 1.54) is 12.2 Å². The Bertz CT molecular complexity index is 166. The van der Waals surface area contributed by atoms with Crippen molar-refractivity contribution in [1.82, 2.24) is 0 Å². The molecule has 1 aliphatic rings. The first kappa shape index (κ1) is 12.8. The summed E-state index contributed by atoms with van der Waals surface area (Å²) in [6.45, 7) is 0. The van der Waals surface area contributed by atoms with Gasteiger partial charge in [0.2, 0.25) is 5.91 Å². The summed E-state index contributed by atoms with van der Waals surface area (Å²) in [6.07, 6.45) is 3.51. The van der Waals surface area contributed by atoms with Crippen molar-refractivity contribution < 1.29 is 4.79 Å². The van der Waals surface area contributed by atoms with Crippen LogP contribution in [0.2, 0.25) is 0 Å². The molecule has 1 saturated heterocycles. The summed E-state index contributed by atoms with van der Waals surface area (Å²) in [4.78, 5) is 9.95. The van der Waals surface area contributed by atoms with Crippen molar-refractivity contribution >= 4 is 35.3 Å². The Morgan fingerprint density at radius 1 is 1.69 bits per heavy atom. The van der Waals surface area contributed by atoms with Gasteiger partial charge < -0.3 is 5.73 Å². The van der Waals surface area contributed by atoms with E-state index < -0.39 is 0 Å². The highest BCUT2D eigenvalue weighted by molar-refractivity contribution is 8.14. The Kier molecular flexibility index (Phi) is 8.33. The monoisotopic (exact) mass is 220 g/mol. The van der Waals surface area contributed by atoms with Gasteiger partial charge in [0.25, 0.3) is 0 Å². The molecule has 0 radical (unpaired) electrons. The molecular weight excluding hydrogens is 204 g/mol. The molecular formula is C8H16N2OS2. The smallest absolute Gasteiger partial charge is 0.217 e. The van der Waals surface area contributed by atoms with Crippen LogP contribution in [0.3, 0.4) is 0 Å². The van der Waals surface area contributed by atoms with Crippen LogP contribution in [-0.4, -0.2) is 22.5 Å². The number of rotatable bonds is 3. The fourth-order valence-corrected chi connectivity index (χ4v) is 1.74. The Hall–Kier alpha value is -0.160. The summed E-state index contributed by atoms with van der Waals surface area (Å²) >= 11 is 5.57. The summed E-state index contributed by atoms with van der Waals surface area (Å²) < 4.78 is 0. The van der Waals surface area contributed by atoms with Crippen LogP contribution in [0.1, 0.15) is 25.7 Å². The number of hydrogen-bond donors (Lipinski definition) is 3. The fraction of sp³-hybridized carbons (Fsp3) is 0.750. The summed E-state index contributed by atoms with van der Waals surface area (Å²) in [5, 5.41) is 7.88. The highest BCUT2D eigenvalue weighted by atomic mass is 32.2. The second kappa shape index (κ2) is 8.44. The number of thiol groups is 1. The lowest BCUT2D eigenvalue weighted by Gasteiger charge is -1.86. The summed E-state index contributed by atoms with van der Waals surface area (Å²) in [5.41, 5.74) is 4.81. The molecule has 1 heterocycles. The first-order valence-electron chi connectivity index (χ1n) is 4.26. The first-order chi connectivity index (χ1) is 6.16. The molecule has 3 nitrogen and oxygen atoms in total. The highest BCUT2D eigenvalue weighted by Crippen LogP contribution is 2.17. The van der Waals surface area contributed by atoms with Gasteiger partial charge in [-0.05, 0) is 30.8 Å². The zero-order valence-electron chi connectivity index (χ0n) is 7.58. The third-order valence-corrected chi connectivity index (χ3v) is 2.77. The van der Waals surface area contributed by atoms with Crippen LogP contribution < -0.4 is 5.73 Å². The van der Waals surface area contributed by atoms with Crippen molar-refractivity contribution in [2.45, 2.75) is 25.7 Å². The van der Waals surface area contributed by atoms with Gasteiger partial charge in [0.1, 0.15) is 0 Å². The van der Waals surface area contributed by atoms with Crippen molar-refractivity contribution in [3.63, 3.8) is 0 Å². The number of carbonyl (C=O) groups is 1. The average molecular weight is 220 g/mol. The van der Waals surface area contributed by atoms with Crippen LogP contribution in [0, 0.1) is 5.41 Å². The van der Waals surface area contributed by atoms with Crippen molar-refractivity contribution in [2.75, 3.05) is 11.5 Å². The van der Waals surface area contributed by atoms with E-state index in [1.807, 2.05) is 0 Å². The number of carbonyl (C=O) groups excluding carboxylic acids is 1. The first-order valence-corrected chi connectivity index (χ1v) is 5.88. The minimum absolute atomic E-state index is 0.242. The van der Waals surface area contributed by atoms with E-state index in [1.54, 1.807) is 11.8 Å². The van der Waals surface area contributed by atoms with Gasteiger partial charge in [-0.25, -0.2) is 0 Å². The molecule has 0 aliphatic carbocycles. The molecule has 0 bridgehead atoms. The molecule has 0 saturated carbocycles. The van der Waals surface area contributed by atoms with E-state index in [4.69, 9.17) is 11.1 Å². The molecule has 3 N–H and O–H groups in total. The minimum Gasteiger partial charge on any atom is -0.370 e. The van der Waals surface area contributed by atoms with E-state index in [9.17, 15) is 4.79 Å². The molecule has 1 amide bonds. The summed E-state index contributed by atoms with van der Waals surface area (Å²) in [6, 6.07) is 0. The highest BCUT2D eigenvalue weighted by Gasteiger charge is 2.04. The second-order valence-corrected chi connectivity index (χ2v) is 4.31. The Morgan fingerprint density at radius 2 is 2.38 bits per heavy atom. The van der Waals surface area contributed by atoms with E-state index in [0.29, 0.717) is 6.42 Å². The lowest BCUT2D eigenvalue weighted by Crippen LogP contribution is -2.09. The maximum Gasteiger partial charge on any atom is 0.217 e. The minimum atomic E-state index is -0.242. The maximum atomic E-state index is 9.95. The van der Waals surface area contributed by atoms with Gasteiger partial charge in [0.15, 0.2) is 0 Å². The zero-order chi connectivity index (χ0) is 10.1. The van der Waals surface area contributed by atoms with Crippen LogP contribution in [0.15, 0.2) is 0 Å². The number of nitrogens with one attached hydrogen (secondary N) is 1. The number of hydrogen-bond acceptors (Lipinski definition) is 4. The largest absolute Gasteiger partial charge is 0.370 e. The molecule has 0 aromatic heterocycles. The molecule has 1 aliphatic heterocycles. The Balaban J connectivity index is 0.000000223. The number of amides is 1. The Labute approximate surface area is 88.8 Å². The van der Waals surface area contributed by atoms with Crippen molar-refractivity contribution in [2.24, 2.45) is 5.73 Å². The predicted octanol–water partition coefficient (Wildman–Crippen LogP) is 1.67. The van der Waals surface area contributed by atoms with Gasteiger partial charge in [-0.2, -0.15) is 12.6 Å². The fourth-order valence-electron chi connectivity index (χ4n) is 0.754. The van der Waals surface area contributed by atoms with E-state index in [2.05, 4.69) is 12.6 Å². The van der Waals surface area contributed by atoms with Gasteiger partial charge >= 0.3 is 0 Å². The topological polar surface area (TPSA) is 66.9 Å². The molecule has 0 aromatic carbocycles. The van der Waals surface area contributed by atoms with E-state index >= 15 is 0 Å². The van der Waals surface area contributed by atoms with Crippen LogP contribution in [0.5, 0.6) is 0 Å². The molecule has 5 heteroatoms. The van der Waals surface area contributed by atoms with Gasteiger partial charge in [-0.15, -0.1) is 11.8 Å². The molecule has 0 aromatic rings. The lowest BCUT2D eigenvalue weighted by molar-refractivity contribution is -0.118. The summed E-state index contributed by atoms with van der Waals surface area (Å²) in [5.74, 6) is 1.68.